The number of carbonyl (C=O) groups is 1. The molecule has 1 saturated heterocycles. The quantitative estimate of drug-likeness (QED) is 0.769. The third-order valence-electron chi connectivity index (χ3n) is 4.75. The molecule has 0 bridgehead atoms. The maximum Gasteiger partial charge on any atom is 0.257 e. The van der Waals surface area contributed by atoms with Crippen LogP contribution in [0.2, 0.25) is 0 Å². The number of likely N-dealkylation sites (tertiary alicyclic amines) is 1. The van der Waals surface area contributed by atoms with Crippen LogP contribution in [0.5, 0.6) is 0 Å². The highest BCUT2D eigenvalue weighted by atomic mass is 19.1. The Morgan fingerprint density at radius 1 is 1.33 bits per heavy atom. The number of benzene rings is 1. The van der Waals surface area contributed by atoms with Gasteiger partial charge in [0.1, 0.15) is 5.82 Å². The van der Waals surface area contributed by atoms with Gasteiger partial charge in [0.2, 0.25) is 5.95 Å². The molecule has 0 saturated carbocycles. The fourth-order valence-electron chi connectivity index (χ4n) is 3.53. The zero-order valence-electron chi connectivity index (χ0n) is 14.8. The van der Waals surface area contributed by atoms with Gasteiger partial charge in [-0.05, 0) is 30.5 Å². The first-order valence-electron chi connectivity index (χ1n) is 8.71. The average molecular weight is 366 g/mol. The van der Waals surface area contributed by atoms with Crippen LogP contribution in [-0.2, 0) is 7.05 Å². The van der Waals surface area contributed by atoms with Crippen LogP contribution in [0, 0.1) is 5.82 Å². The largest absolute Gasteiger partial charge is 0.368 e. The van der Waals surface area contributed by atoms with E-state index < -0.39 is 0 Å². The maximum absolute atomic E-state index is 13.7. The molecule has 0 radical (unpaired) electrons. The molecule has 138 valence electrons. The molecule has 1 fully saturated rings. The van der Waals surface area contributed by atoms with Crippen molar-refractivity contribution in [3.05, 3.63) is 59.9 Å². The van der Waals surface area contributed by atoms with Gasteiger partial charge in [-0.2, -0.15) is 5.10 Å². The predicted octanol–water partition coefficient (Wildman–Crippen LogP) is 2.58. The molecule has 1 amide bonds. The molecular formula is C19H19FN6O. The van der Waals surface area contributed by atoms with E-state index in [2.05, 4.69) is 15.1 Å². The number of amides is 1. The number of nitrogens with two attached hydrogens (primary N) is 1. The number of aryl methyl sites for hydroxylation is 1. The van der Waals surface area contributed by atoms with Crippen LogP contribution >= 0.6 is 0 Å². The first-order chi connectivity index (χ1) is 13.0. The number of hydrogen-bond donors (Lipinski definition) is 1. The summed E-state index contributed by atoms with van der Waals surface area (Å²) in [5.41, 5.74) is 8.33. The topological polar surface area (TPSA) is 89.9 Å². The van der Waals surface area contributed by atoms with Gasteiger partial charge in [-0.3, -0.25) is 9.48 Å². The van der Waals surface area contributed by atoms with Crippen LogP contribution in [0.15, 0.2) is 42.9 Å². The van der Waals surface area contributed by atoms with Gasteiger partial charge in [0.05, 0.1) is 23.5 Å². The molecule has 1 aliphatic heterocycles. The molecule has 2 N–H and O–H groups in total. The van der Waals surface area contributed by atoms with Crippen LogP contribution in [0.3, 0.4) is 0 Å². The summed E-state index contributed by atoms with van der Waals surface area (Å²) < 4.78 is 15.3. The number of aromatic nitrogens is 4. The number of nitrogen functional groups attached to an aromatic ring is 1. The van der Waals surface area contributed by atoms with Crippen molar-refractivity contribution >= 4 is 11.9 Å². The minimum atomic E-state index is -0.343. The summed E-state index contributed by atoms with van der Waals surface area (Å²) in [6.45, 7) is 0.616. The number of hydrogen-bond acceptors (Lipinski definition) is 5. The van der Waals surface area contributed by atoms with Crippen LogP contribution < -0.4 is 5.73 Å². The SMILES string of the molecule is Cn1cc(C(=O)N2CCC[C@@H]2c2nc(N)ncc2-c2cccc(F)c2)cn1. The summed E-state index contributed by atoms with van der Waals surface area (Å²) in [5.74, 6) is -0.316. The smallest absolute Gasteiger partial charge is 0.257 e. The monoisotopic (exact) mass is 366 g/mol. The second kappa shape index (κ2) is 6.79. The highest BCUT2D eigenvalue weighted by Gasteiger charge is 2.34. The third-order valence-corrected chi connectivity index (χ3v) is 4.75. The van der Waals surface area contributed by atoms with E-state index in [1.165, 1.54) is 12.1 Å². The number of halogens is 1. The van der Waals surface area contributed by atoms with Gasteiger partial charge in [0.15, 0.2) is 0 Å². The van der Waals surface area contributed by atoms with E-state index in [1.807, 2.05) is 0 Å². The van der Waals surface area contributed by atoms with Gasteiger partial charge in [-0.15, -0.1) is 0 Å². The lowest BCUT2D eigenvalue weighted by molar-refractivity contribution is 0.0733. The lowest BCUT2D eigenvalue weighted by Gasteiger charge is -2.25. The molecular weight excluding hydrogens is 347 g/mol. The summed E-state index contributed by atoms with van der Waals surface area (Å²) in [5, 5.41) is 4.08. The number of rotatable bonds is 3. The molecule has 2 aromatic heterocycles. The van der Waals surface area contributed by atoms with Gasteiger partial charge >= 0.3 is 0 Å². The average Bonchev–Trinajstić information content (AvgIpc) is 3.30. The van der Waals surface area contributed by atoms with Crippen LogP contribution in [0.25, 0.3) is 11.1 Å². The number of carbonyl (C=O) groups excluding carboxylic acids is 1. The Kier molecular flexibility index (Phi) is 4.31. The normalized spacial score (nSPS) is 16.7. The lowest BCUT2D eigenvalue weighted by atomic mass is 9.99. The molecule has 0 aliphatic carbocycles. The van der Waals surface area contributed by atoms with Crippen molar-refractivity contribution in [3.63, 3.8) is 0 Å². The zero-order chi connectivity index (χ0) is 19.0. The molecule has 1 aromatic carbocycles. The molecule has 1 aliphatic rings. The summed E-state index contributed by atoms with van der Waals surface area (Å²) in [7, 11) is 1.77. The van der Waals surface area contributed by atoms with Gasteiger partial charge in [0.25, 0.3) is 5.91 Å². The van der Waals surface area contributed by atoms with E-state index in [-0.39, 0.29) is 23.7 Å². The summed E-state index contributed by atoms with van der Waals surface area (Å²) >= 11 is 0. The predicted molar refractivity (Wildman–Crippen MR) is 98.1 cm³/mol. The summed E-state index contributed by atoms with van der Waals surface area (Å²) in [6.07, 6.45) is 6.45. The summed E-state index contributed by atoms with van der Waals surface area (Å²) in [6, 6.07) is 6.00. The van der Waals surface area contributed by atoms with Crippen molar-refractivity contribution in [1.82, 2.24) is 24.6 Å². The first kappa shape index (κ1) is 17.1. The van der Waals surface area contributed by atoms with Crippen molar-refractivity contribution in [1.29, 1.82) is 0 Å². The molecule has 8 heteroatoms. The van der Waals surface area contributed by atoms with Crippen molar-refractivity contribution in [2.45, 2.75) is 18.9 Å². The van der Waals surface area contributed by atoms with Crippen LogP contribution in [0.4, 0.5) is 10.3 Å². The van der Waals surface area contributed by atoms with E-state index in [0.29, 0.717) is 28.9 Å². The zero-order valence-corrected chi connectivity index (χ0v) is 14.8. The Labute approximate surface area is 155 Å². The maximum atomic E-state index is 13.7. The van der Waals surface area contributed by atoms with Crippen molar-refractivity contribution in [2.24, 2.45) is 7.05 Å². The Morgan fingerprint density at radius 2 is 2.19 bits per heavy atom. The van der Waals surface area contributed by atoms with Gasteiger partial charge in [0, 0.05) is 31.5 Å². The second-order valence-electron chi connectivity index (χ2n) is 6.60. The van der Waals surface area contributed by atoms with Crippen LogP contribution in [0.1, 0.15) is 34.9 Å². The molecule has 0 spiro atoms. The van der Waals surface area contributed by atoms with Crippen LogP contribution in [-0.4, -0.2) is 37.1 Å². The minimum Gasteiger partial charge on any atom is -0.368 e. The highest BCUT2D eigenvalue weighted by molar-refractivity contribution is 5.94. The molecule has 1 atom stereocenters. The Hall–Kier alpha value is -3.29. The minimum absolute atomic E-state index is 0.104. The third kappa shape index (κ3) is 3.25. The second-order valence-corrected chi connectivity index (χ2v) is 6.60. The number of anilines is 1. The Bertz CT molecular complexity index is 1000. The van der Waals surface area contributed by atoms with E-state index in [0.717, 1.165) is 12.8 Å². The highest BCUT2D eigenvalue weighted by Crippen LogP contribution is 2.37. The van der Waals surface area contributed by atoms with Crippen molar-refractivity contribution in [2.75, 3.05) is 12.3 Å². The van der Waals surface area contributed by atoms with Gasteiger partial charge in [-0.25, -0.2) is 14.4 Å². The molecule has 7 nitrogen and oxygen atoms in total. The molecule has 3 heterocycles. The van der Waals surface area contributed by atoms with Gasteiger partial charge < -0.3 is 10.6 Å². The Morgan fingerprint density at radius 3 is 2.93 bits per heavy atom. The van der Waals surface area contributed by atoms with E-state index in [1.54, 1.807) is 47.4 Å². The lowest BCUT2D eigenvalue weighted by Crippen LogP contribution is -2.31. The standard InChI is InChI=1S/C19H19FN6O/c1-25-11-13(9-23-25)18(27)26-7-3-6-16(26)17-15(10-22-19(21)24-17)12-4-2-5-14(20)8-12/h2,4-5,8-11,16H,3,6-7H2,1H3,(H2,21,22,24)/t16-/m1/s1. The van der Waals surface area contributed by atoms with E-state index in [9.17, 15) is 9.18 Å². The molecule has 4 rings (SSSR count). The molecule has 0 unspecified atom stereocenters. The Balaban J connectivity index is 1.75. The van der Waals surface area contributed by atoms with Gasteiger partial charge in [-0.1, -0.05) is 12.1 Å². The molecule has 27 heavy (non-hydrogen) atoms. The number of nitrogens with zero attached hydrogens (tertiary/aromatic N) is 5. The summed E-state index contributed by atoms with van der Waals surface area (Å²) in [4.78, 5) is 23.2. The molecule has 3 aromatic rings. The fraction of sp³-hybridized carbons (Fsp3) is 0.263. The van der Waals surface area contributed by atoms with E-state index >= 15 is 0 Å². The first-order valence-corrected chi connectivity index (χ1v) is 8.71. The fourth-order valence-corrected chi connectivity index (χ4v) is 3.53. The van der Waals surface area contributed by atoms with Crippen molar-refractivity contribution in [3.8, 4) is 11.1 Å². The van der Waals surface area contributed by atoms with Crippen molar-refractivity contribution < 1.29 is 9.18 Å². The van der Waals surface area contributed by atoms with E-state index in [4.69, 9.17) is 5.73 Å².